The van der Waals surface area contributed by atoms with Crippen molar-refractivity contribution in [2.24, 2.45) is 0 Å². The van der Waals surface area contributed by atoms with Gasteiger partial charge in [0.1, 0.15) is 5.75 Å². The highest BCUT2D eigenvalue weighted by molar-refractivity contribution is 6.01. The number of pyridine rings is 1. The first-order chi connectivity index (χ1) is 24.3. The Morgan fingerprint density at radius 3 is 2.36 bits per heavy atom. The number of H-pyrrole nitrogens is 1. The van der Waals surface area contributed by atoms with Crippen LogP contribution in [0.25, 0.3) is 21.9 Å². The van der Waals surface area contributed by atoms with Crippen molar-refractivity contribution in [2.45, 2.75) is 64.1 Å². The summed E-state index contributed by atoms with van der Waals surface area (Å²) in [6, 6.07) is 11.8. The highest BCUT2D eigenvalue weighted by Gasteiger charge is 2.35. The van der Waals surface area contributed by atoms with Gasteiger partial charge in [0.2, 0.25) is 0 Å². The molecule has 4 aromatic rings. The van der Waals surface area contributed by atoms with E-state index in [1.807, 2.05) is 55.1 Å². The molecule has 0 spiro atoms. The first-order valence-corrected chi connectivity index (χ1v) is 17.5. The van der Waals surface area contributed by atoms with E-state index in [2.05, 4.69) is 14.9 Å². The van der Waals surface area contributed by atoms with Crippen LogP contribution in [0, 0.1) is 13.8 Å². The maximum absolute atomic E-state index is 14.1. The van der Waals surface area contributed by atoms with Crippen molar-refractivity contribution in [3.8, 4) is 5.75 Å². The lowest BCUT2D eigenvalue weighted by molar-refractivity contribution is -0.143. The lowest BCUT2D eigenvalue weighted by atomic mass is 10.00. The predicted molar refractivity (Wildman–Crippen MR) is 186 cm³/mol. The minimum absolute atomic E-state index is 0.120. The Labute approximate surface area is 290 Å². The van der Waals surface area contributed by atoms with Crippen LogP contribution in [0.15, 0.2) is 47.4 Å². The Kier molecular flexibility index (Phi) is 9.86. The Morgan fingerprint density at radius 1 is 0.960 bits per heavy atom. The number of benzene rings is 2. The molecular formula is C37H44N6O7. The topological polar surface area (TPSA) is 139 Å². The number of hydrogen-bond donors (Lipinski definition) is 1. The number of aromatic amines is 1. The van der Waals surface area contributed by atoms with Gasteiger partial charge in [-0.05, 0) is 62.3 Å². The van der Waals surface area contributed by atoms with Crippen LogP contribution < -0.4 is 10.4 Å². The maximum Gasteiger partial charge on any atom is 0.410 e. The molecule has 7 rings (SSSR count). The number of imidazole rings is 1. The van der Waals surface area contributed by atoms with Gasteiger partial charge in [0.15, 0.2) is 6.10 Å². The molecule has 2 amide bonds. The average Bonchev–Trinajstić information content (AvgIpc) is 3.49. The molecule has 0 saturated carbocycles. The summed E-state index contributed by atoms with van der Waals surface area (Å²) in [5, 5.41) is 0.888. The minimum atomic E-state index is -1.03. The molecule has 2 aromatic carbocycles. The molecule has 1 N–H and O–H groups in total. The van der Waals surface area contributed by atoms with Crippen molar-refractivity contribution in [2.75, 3.05) is 52.5 Å². The number of fused-ring (bicyclic) bond motifs is 3. The molecule has 2 aromatic heterocycles. The zero-order chi connectivity index (χ0) is 34.8. The minimum Gasteiger partial charge on any atom is -0.436 e. The normalized spacial score (nSPS) is 18.8. The van der Waals surface area contributed by atoms with Gasteiger partial charge in [-0.15, -0.1) is 0 Å². The van der Waals surface area contributed by atoms with E-state index in [1.165, 1.54) is 0 Å². The zero-order valence-electron chi connectivity index (χ0n) is 28.6. The van der Waals surface area contributed by atoms with E-state index in [0.29, 0.717) is 57.3 Å². The van der Waals surface area contributed by atoms with Crippen LogP contribution in [-0.2, 0) is 25.5 Å². The summed E-state index contributed by atoms with van der Waals surface area (Å²) in [6.07, 6.45) is 3.45. The van der Waals surface area contributed by atoms with Crippen molar-refractivity contribution in [1.29, 1.82) is 0 Å². The number of aryl methyl sites for hydroxylation is 2. The lowest BCUT2D eigenvalue weighted by Gasteiger charge is -2.41. The zero-order valence-corrected chi connectivity index (χ0v) is 28.6. The lowest BCUT2D eigenvalue weighted by Crippen LogP contribution is -2.55. The van der Waals surface area contributed by atoms with Crippen LogP contribution in [0.1, 0.15) is 48.4 Å². The molecule has 0 aliphatic carbocycles. The quantitative estimate of drug-likeness (QED) is 0.275. The van der Waals surface area contributed by atoms with Crippen molar-refractivity contribution < 1.29 is 28.6 Å². The number of piperidine rings is 1. The number of piperazine rings is 1. The van der Waals surface area contributed by atoms with Crippen molar-refractivity contribution in [3.05, 3.63) is 69.8 Å². The monoisotopic (exact) mass is 684 g/mol. The SMILES string of the molecule is Cc1cc(C[C@@H](OC(=O)N2CCC(n3c(=O)[nH]c4c5ccccc5ncc43)CC2)C(=O)N2CCN(C3CCOCC3)CC2)cc(C)c1OC=O. The van der Waals surface area contributed by atoms with Crippen LogP contribution in [0.2, 0.25) is 0 Å². The Hall–Kier alpha value is -4.75. The van der Waals surface area contributed by atoms with Gasteiger partial charge in [0, 0.05) is 76.4 Å². The van der Waals surface area contributed by atoms with Crippen LogP contribution in [0.3, 0.4) is 0 Å². The smallest absolute Gasteiger partial charge is 0.410 e. The van der Waals surface area contributed by atoms with E-state index in [1.54, 1.807) is 15.7 Å². The number of ether oxygens (including phenoxy) is 3. The molecule has 13 nitrogen and oxygen atoms in total. The van der Waals surface area contributed by atoms with Gasteiger partial charge in [-0.25, -0.2) is 9.59 Å². The number of rotatable bonds is 8. The van der Waals surface area contributed by atoms with Gasteiger partial charge < -0.3 is 29.0 Å². The largest absolute Gasteiger partial charge is 0.436 e. The Balaban J connectivity index is 1.05. The van der Waals surface area contributed by atoms with E-state index in [4.69, 9.17) is 14.2 Å². The number of aromatic nitrogens is 3. The molecule has 3 fully saturated rings. The summed E-state index contributed by atoms with van der Waals surface area (Å²) in [5.41, 5.74) is 4.44. The molecule has 3 saturated heterocycles. The molecule has 50 heavy (non-hydrogen) atoms. The number of hydrogen-bond acceptors (Lipinski definition) is 9. The second-order valence-corrected chi connectivity index (χ2v) is 13.6. The number of nitrogens with one attached hydrogen (secondary N) is 1. The van der Waals surface area contributed by atoms with Gasteiger partial charge in [-0.1, -0.05) is 30.3 Å². The first kappa shape index (κ1) is 33.7. The summed E-state index contributed by atoms with van der Waals surface area (Å²) in [7, 11) is 0. The molecule has 5 heterocycles. The standard InChI is InChI=1S/C37H44N6O7/c1-24-19-26(20-25(2)34(24)49-23-44)21-32(35(45)41-15-13-40(14-16-41)27-9-17-48-18-10-27)50-37(47)42-11-7-28(8-12-42)43-31-22-38-30-6-4-3-5-29(30)33(31)39-36(43)46/h3-6,19-20,22-23,27-28,32H,7-18,21H2,1-2H3,(H,39,46)/t32-/m1/s1. The summed E-state index contributed by atoms with van der Waals surface area (Å²) in [6.45, 7) is 9.02. The molecule has 3 aliphatic rings. The fourth-order valence-electron chi connectivity index (χ4n) is 7.93. The Morgan fingerprint density at radius 2 is 1.66 bits per heavy atom. The number of para-hydroxylation sites is 1. The van der Waals surface area contributed by atoms with E-state index >= 15 is 0 Å². The highest BCUT2D eigenvalue weighted by atomic mass is 16.6. The van der Waals surface area contributed by atoms with Gasteiger partial charge >= 0.3 is 11.8 Å². The highest BCUT2D eigenvalue weighted by Crippen LogP contribution is 2.29. The fraction of sp³-hybridized carbons (Fsp3) is 0.486. The summed E-state index contributed by atoms with van der Waals surface area (Å²) < 4.78 is 18.5. The number of likely N-dealkylation sites (tertiary alicyclic amines) is 1. The predicted octanol–water partition coefficient (Wildman–Crippen LogP) is 3.74. The van der Waals surface area contributed by atoms with Crippen LogP contribution in [0.4, 0.5) is 4.79 Å². The van der Waals surface area contributed by atoms with Gasteiger partial charge in [0.25, 0.3) is 12.4 Å². The van der Waals surface area contributed by atoms with E-state index in [0.717, 1.165) is 77.8 Å². The van der Waals surface area contributed by atoms with Gasteiger partial charge in [-0.2, -0.15) is 0 Å². The summed E-state index contributed by atoms with van der Waals surface area (Å²) >= 11 is 0. The third-order valence-corrected chi connectivity index (χ3v) is 10.5. The Bertz CT molecular complexity index is 1910. The number of nitrogens with zero attached hydrogens (tertiary/aromatic N) is 5. The molecule has 0 radical (unpaired) electrons. The first-order valence-electron chi connectivity index (χ1n) is 17.5. The third-order valence-electron chi connectivity index (χ3n) is 10.5. The number of carbonyl (C=O) groups is 3. The maximum atomic E-state index is 14.1. The van der Waals surface area contributed by atoms with E-state index in [9.17, 15) is 19.2 Å². The van der Waals surface area contributed by atoms with Crippen molar-refractivity contribution in [1.82, 2.24) is 29.2 Å². The molecule has 0 unspecified atom stereocenters. The van der Waals surface area contributed by atoms with E-state index in [-0.39, 0.29) is 24.1 Å². The fourth-order valence-corrected chi connectivity index (χ4v) is 7.93. The average molecular weight is 685 g/mol. The molecule has 1 atom stereocenters. The van der Waals surface area contributed by atoms with Gasteiger partial charge in [0.05, 0.1) is 22.7 Å². The molecule has 0 bridgehead atoms. The molecule has 3 aliphatic heterocycles. The summed E-state index contributed by atoms with van der Waals surface area (Å²) in [4.78, 5) is 65.4. The van der Waals surface area contributed by atoms with Crippen LogP contribution >= 0.6 is 0 Å². The third kappa shape index (κ3) is 6.84. The second kappa shape index (κ2) is 14.6. The van der Waals surface area contributed by atoms with Crippen LogP contribution in [0.5, 0.6) is 5.75 Å². The molecule has 13 heteroatoms. The number of amides is 2. The molecule has 264 valence electrons. The van der Waals surface area contributed by atoms with Crippen molar-refractivity contribution >= 4 is 40.4 Å². The molecular weight excluding hydrogens is 640 g/mol. The summed E-state index contributed by atoms with van der Waals surface area (Å²) in [5.74, 6) is 0.266. The van der Waals surface area contributed by atoms with E-state index < -0.39 is 12.2 Å². The number of carbonyl (C=O) groups excluding carboxylic acids is 3. The van der Waals surface area contributed by atoms with Crippen LogP contribution in [-0.4, -0.2) is 112 Å². The second-order valence-electron chi connectivity index (χ2n) is 13.6. The van der Waals surface area contributed by atoms with Gasteiger partial charge in [-0.3, -0.25) is 24.0 Å². The van der Waals surface area contributed by atoms with Crippen molar-refractivity contribution in [3.63, 3.8) is 0 Å².